The Hall–Kier alpha value is -2.62. The van der Waals surface area contributed by atoms with Crippen molar-refractivity contribution in [2.75, 3.05) is 6.61 Å². The topological polar surface area (TPSA) is 55.4 Å². The second kappa shape index (κ2) is 7.73. The summed E-state index contributed by atoms with van der Waals surface area (Å²) in [5.41, 5.74) is 5.08. The van der Waals surface area contributed by atoms with Crippen LogP contribution in [0.2, 0.25) is 0 Å². The molecule has 0 bridgehead atoms. The number of rotatable bonds is 5. The maximum atomic E-state index is 12.4. The first-order valence-corrected chi connectivity index (χ1v) is 9.07. The Morgan fingerprint density at radius 3 is 2.62 bits per heavy atom. The number of carbonyl (C=O) groups is 2. The molecule has 1 heterocycles. The van der Waals surface area contributed by atoms with Crippen LogP contribution in [0.25, 0.3) is 0 Å². The highest BCUT2D eigenvalue weighted by Crippen LogP contribution is 2.32. The standard InChI is InChI=1S/C22H25NO3/c1-14-4-8-21-18(12-14)19(10-11-26-21)23-22(25)9-7-20(24)17-6-5-15(2)16(3)13-17/h4-6,8,12-13,19H,7,9-11H2,1-3H3,(H,23,25). The lowest BCUT2D eigenvalue weighted by molar-refractivity contribution is -0.122. The summed E-state index contributed by atoms with van der Waals surface area (Å²) in [5, 5.41) is 3.06. The molecule has 1 aliphatic heterocycles. The number of fused-ring (bicyclic) bond motifs is 1. The maximum absolute atomic E-state index is 12.4. The maximum Gasteiger partial charge on any atom is 0.220 e. The Balaban J connectivity index is 1.59. The largest absolute Gasteiger partial charge is 0.493 e. The highest BCUT2D eigenvalue weighted by Gasteiger charge is 2.23. The van der Waals surface area contributed by atoms with Crippen LogP contribution in [0.3, 0.4) is 0 Å². The average Bonchev–Trinajstić information content (AvgIpc) is 2.62. The highest BCUT2D eigenvalue weighted by molar-refractivity contribution is 5.98. The van der Waals surface area contributed by atoms with Crippen molar-refractivity contribution in [3.8, 4) is 5.75 Å². The van der Waals surface area contributed by atoms with Crippen LogP contribution in [-0.2, 0) is 4.79 Å². The molecule has 1 amide bonds. The van der Waals surface area contributed by atoms with E-state index in [4.69, 9.17) is 4.74 Å². The van der Waals surface area contributed by atoms with E-state index in [9.17, 15) is 9.59 Å². The summed E-state index contributed by atoms with van der Waals surface area (Å²) in [5.74, 6) is 0.742. The van der Waals surface area contributed by atoms with Crippen molar-refractivity contribution in [3.05, 3.63) is 64.2 Å². The molecule has 0 saturated carbocycles. The summed E-state index contributed by atoms with van der Waals surface area (Å²) in [6.45, 7) is 6.62. The first-order valence-electron chi connectivity index (χ1n) is 9.07. The van der Waals surface area contributed by atoms with Gasteiger partial charge in [-0.25, -0.2) is 0 Å². The third-order valence-corrected chi connectivity index (χ3v) is 4.95. The molecule has 0 aromatic heterocycles. The van der Waals surface area contributed by atoms with Crippen molar-refractivity contribution in [2.45, 2.75) is 46.1 Å². The number of hydrogen-bond acceptors (Lipinski definition) is 3. The minimum absolute atomic E-state index is 0.00599. The highest BCUT2D eigenvalue weighted by atomic mass is 16.5. The molecule has 0 radical (unpaired) electrons. The predicted molar refractivity (Wildman–Crippen MR) is 102 cm³/mol. The molecular weight excluding hydrogens is 326 g/mol. The number of amides is 1. The van der Waals surface area contributed by atoms with Crippen LogP contribution in [-0.4, -0.2) is 18.3 Å². The SMILES string of the molecule is Cc1ccc2c(c1)C(NC(=O)CCC(=O)c1ccc(C)c(C)c1)CCO2. The summed E-state index contributed by atoms with van der Waals surface area (Å²) in [6, 6.07) is 11.6. The minimum atomic E-state index is -0.0958. The number of ether oxygens (including phenoxy) is 1. The third-order valence-electron chi connectivity index (χ3n) is 4.95. The molecule has 0 saturated heterocycles. The molecule has 1 aliphatic rings. The molecule has 0 fully saturated rings. The molecule has 136 valence electrons. The van der Waals surface area contributed by atoms with Gasteiger partial charge in [-0.15, -0.1) is 0 Å². The second-order valence-corrected chi connectivity index (χ2v) is 7.02. The van der Waals surface area contributed by atoms with E-state index in [0.29, 0.717) is 12.2 Å². The Morgan fingerprint density at radius 1 is 1.04 bits per heavy atom. The Morgan fingerprint density at radius 2 is 1.85 bits per heavy atom. The lowest BCUT2D eigenvalue weighted by Gasteiger charge is -2.27. The van der Waals surface area contributed by atoms with Crippen LogP contribution < -0.4 is 10.1 Å². The predicted octanol–water partition coefficient (Wildman–Crippen LogP) is 4.21. The van der Waals surface area contributed by atoms with Crippen molar-refractivity contribution in [1.29, 1.82) is 0 Å². The van der Waals surface area contributed by atoms with Crippen molar-refractivity contribution in [1.82, 2.24) is 5.32 Å². The van der Waals surface area contributed by atoms with E-state index in [1.807, 2.05) is 51.1 Å². The molecule has 2 aromatic carbocycles. The van der Waals surface area contributed by atoms with Crippen LogP contribution in [0.1, 0.15) is 57.9 Å². The molecule has 4 nitrogen and oxygen atoms in total. The molecular formula is C22H25NO3. The second-order valence-electron chi connectivity index (χ2n) is 7.02. The van der Waals surface area contributed by atoms with E-state index < -0.39 is 0 Å². The first kappa shape index (κ1) is 18.2. The van der Waals surface area contributed by atoms with Gasteiger partial charge >= 0.3 is 0 Å². The molecule has 1 atom stereocenters. The van der Waals surface area contributed by atoms with Crippen molar-refractivity contribution in [3.63, 3.8) is 0 Å². The summed E-state index contributed by atoms with van der Waals surface area (Å²) in [7, 11) is 0. The zero-order chi connectivity index (χ0) is 18.7. The number of hydrogen-bond donors (Lipinski definition) is 1. The molecule has 4 heteroatoms. The molecule has 0 spiro atoms. The van der Waals surface area contributed by atoms with Gasteiger partial charge in [-0.2, -0.15) is 0 Å². The molecule has 26 heavy (non-hydrogen) atoms. The number of carbonyl (C=O) groups excluding carboxylic acids is 2. The first-order chi connectivity index (χ1) is 12.4. The van der Waals surface area contributed by atoms with Gasteiger partial charge in [0.25, 0.3) is 0 Å². The molecule has 2 aromatic rings. The zero-order valence-corrected chi connectivity index (χ0v) is 15.6. The Kier molecular flexibility index (Phi) is 5.40. The summed E-state index contributed by atoms with van der Waals surface area (Å²) in [4.78, 5) is 24.7. The molecule has 1 unspecified atom stereocenters. The zero-order valence-electron chi connectivity index (χ0n) is 15.6. The minimum Gasteiger partial charge on any atom is -0.493 e. The number of Topliss-reactive ketones (excluding diaryl/α,β-unsaturated/α-hetero) is 1. The van der Waals surface area contributed by atoms with Crippen molar-refractivity contribution >= 4 is 11.7 Å². The smallest absolute Gasteiger partial charge is 0.220 e. The van der Waals surface area contributed by atoms with E-state index in [1.165, 1.54) is 0 Å². The summed E-state index contributed by atoms with van der Waals surface area (Å²) in [6.07, 6.45) is 1.16. The lowest BCUT2D eigenvalue weighted by Crippen LogP contribution is -2.32. The fraction of sp³-hybridized carbons (Fsp3) is 0.364. The molecule has 1 N–H and O–H groups in total. The number of ketones is 1. The Bertz CT molecular complexity index is 841. The molecule has 3 rings (SSSR count). The van der Waals surface area contributed by atoms with Gasteiger partial charge in [0.15, 0.2) is 5.78 Å². The van der Waals surface area contributed by atoms with Crippen LogP contribution in [0, 0.1) is 20.8 Å². The van der Waals surface area contributed by atoms with Gasteiger partial charge in [0.2, 0.25) is 5.91 Å². The van der Waals surface area contributed by atoms with E-state index in [0.717, 1.165) is 34.4 Å². The van der Waals surface area contributed by atoms with Gasteiger partial charge in [0.1, 0.15) is 5.75 Å². The Labute approximate surface area is 154 Å². The van der Waals surface area contributed by atoms with E-state index in [1.54, 1.807) is 0 Å². The van der Waals surface area contributed by atoms with Gasteiger partial charge in [0.05, 0.1) is 12.6 Å². The van der Waals surface area contributed by atoms with Gasteiger partial charge < -0.3 is 10.1 Å². The van der Waals surface area contributed by atoms with E-state index >= 15 is 0 Å². The average molecular weight is 351 g/mol. The number of aryl methyl sites for hydroxylation is 3. The molecule has 0 aliphatic carbocycles. The van der Waals surface area contributed by atoms with Crippen LogP contribution in [0.15, 0.2) is 36.4 Å². The fourth-order valence-electron chi connectivity index (χ4n) is 3.22. The van der Waals surface area contributed by atoms with Gasteiger partial charge in [-0.1, -0.05) is 29.8 Å². The van der Waals surface area contributed by atoms with Crippen LogP contribution in [0.4, 0.5) is 0 Å². The van der Waals surface area contributed by atoms with Gasteiger partial charge in [-0.05, 0) is 44.0 Å². The normalized spacial score (nSPS) is 15.7. The summed E-state index contributed by atoms with van der Waals surface area (Å²) >= 11 is 0. The van der Waals surface area contributed by atoms with E-state index in [-0.39, 0.29) is 30.6 Å². The quantitative estimate of drug-likeness (QED) is 0.821. The van der Waals surface area contributed by atoms with Gasteiger partial charge in [-0.3, -0.25) is 9.59 Å². The van der Waals surface area contributed by atoms with E-state index in [2.05, 4.69) is 11.4 Å². The van der Waals surface area contributed by atoms with Gasteiger partial charge in [0, 0.05) is 30.4 Å². The van der Waals surface area contributed by atoms with Crippen molar-refractivity contribution in [2.24, 2.45) is 0 Å². The monoisotopic (exact) mass is 351 g/mol. The summed E-state index contributed by atoms with van der Waals surface area (Å²) < 4.78 is 5.66. The van der Waals surface area contributed by atoms with Crippen molar-refractivity contribution < 1.29 is 14.3 Å². The number of benzene rings is 2. The van der Waals surface area contributed by atoms with Crippen LogP contribution in [0.5, 0.6) is 5.75 Å². The number of nitrogens with one attached hydrogen (secondary N) is 1. The van der Waals surface area contributed by atoms with Crippen LogP contribution >= 0.6 is 0 Å². The lowest BCUT2D eigenvalue weighted by atomic mass is 9.98. The third kappa shape index (κ3) is 4.13. The fourth-order valence-corrected chi connectivity index (χ4v) is 3.22.